The predicted octanol–water partition coefficient (Wildman–Crippen LogP) is 1.17. The van der Waals surface area contributed by atoms with Crippen LogP contribution in [0.1, 0.15) is 6.92 Å². The Bertz CT molecular complexity index is 671. The van der Waals surface area contributed by atoms with Crippen molar-refractivity contribution in [2.45, 2.75) is 17.9 Å². The number of nitrogens with two attached hydrogens (primary N) is 1. The lowest BCUT2D eigenvalue weighted by Gasteiger charge is -2.34. The van der Waals surface area contributed by atoms with Crippen LogP contribution in [0.2, 0.25) is 10.0 Å². The van der Waals surface area contributed by atoms with E-state index in [-0.39, 0.29) is 33.9 Å². The van der Waals surface area contributed by atoms with Crippen LogP contribution in [0.3, 0.4) is 0 Å². The molecule has 2 N–H and O–H groups in total. The highest BCUT2D eigenvalue weighted by atomic mass is 35.5. The van der Waals surface area contributed by atoms with Crippen molar-refractivity contribution >= 4 is 39.1 Å². The fraction of sp³-hybridized carbons (Fsp3) is 0.462. The predicted molar refractivity (Wildman–Crippen MR) is 85.5 cm³/mol. The molecule has 2 rings (SSSR count). The van der Waals surface area contributed by atoms with Crippen LogP contribution in [0.15, 0.2) is 23.1 Å². The van der Waals surface area contributed by atoms with Crippen molar-refractivity contribution in [2.24, 2.45) is 5.73 Å². The second kappa shape index (κ2) is 6.72. The Morgan fingerprint density at radius 3 is 2.36 bits per heavy atom. The van der Waals surface area contributed by atoms with Gasteiger partial charge >= 0.3 is 0 Å². The Morgan fingerprint density at radius 1 is 1.23 bits per heavy atom. The standard InChI is InChI=1S/C13H17Cl2N3O3S/c1-9(16)13(19)17-5-7-18(8-6-17)22(20,21)11-4-2-3-10(14)12(11)15/h2-4,9H,5-8,16H2,1H3/t9-/m1/s1. The summed E-state index contributed by atoms with van der Waals surface area (Å²) in [5.74, 6) is -0.183. The molecule has 0 aromatic heterocycles. The number of halogens is 2. The number of carbonyl (C=O) groups excluding carboxylic acids is 1. The van der Waals surface area contributed by atoms with Gasteiger partial charge in [-0.25, -0.2) is 8.42 Å². The van der Waals surface area contributed by atoms with E-state index in [1.807, 2.05) is 0 Å². The van der Waals surface area contributed by atoms with Gasteiger partial charge in [-0.1, -0.05) is 29.3 Å². The monoisotopic (exact) mass is 365 g/mol. The zero-order chi connectivity index (χ0) is 16.5. The summed E-state index contributed by atoms with van der Waals surface area (Å²) < 4.78 is 26.6. The van der Waals surface area contributed by atoms with Crippen molar-refractivity contribution in [3.8, 4) is 0 Å². The van der Waals surface area contributed by atoms with Gasteiger partial charge in [0.05, 0.1) is 16.1 Å². The van der Waals surface area contributed by atoms with Gasteiger partial charge < -0.3 is 10.6 Å². The number of amides is 1. The smallest absolute Gasteiger partial charge is 0.244 e. The molecule has 1 atom stereocenters. The number of hydrogen-bond donors (Lipinski definition) is 1. The van der Waals surface area contributed by atoms with E-state index >= 15 is 0 Å². The zero-order valence-electron chi connectivity index (χ0n) is 12.0. The molecule has 0 bridgehead atoms. The molecule has 0 spiro atoms. The second-order valence-electron chi connectivity index (χ2n) is 5.07. The molecule has 0 unspecified atom stereocenters. The first-order valence-corrected chi connectivity index (χ1v) is 8.93. The number of hydrogen-bond acceptors (Lipinski definition) is 4. The molecule has 0 saturated carbocycles. The molecule has 122 valence electrons. The Balaban J connectivity index is 2.17. The Morgan fingerprint density at radius 2 is 1.82 bits per heavy atom. The molecule has 0 radical (unpaired) electrons. The van der Waals surface area contributed by atoms with E-state index in [0.717, 1.165) is 0 Å². The van der Waals surface area contributed by atoms with Crippen molar-refractivity contribution in [1.82, 2.24) is 9.21 Å². The molecular formula is C13H17Cl2N3O3S. The van der Waals surface area contributed by atoms with Crippen molar-refractivity contribution in [3.63, 3.8) is 0 Å². The van der Waals surface area contributed by atoms with E-state index in [4.69, 9.17) is 28.9 Å². The number of piperazine rings is 1. The van der Waals surface area contributed by atoms with Gasteiger partial charge in [0, 0.05) is 26.2 Å². The Hall–Kier alpha value is -0.860. The minimum Gasteiger partial charge on any atom is -0.339 e. The summed E-state index contributed by atoms with van der Waals surface area (Å²) in [6.45, 7) is 2.61. The second-order valence-corrected chi connectivity index (χ2v) is 7.76. The minimum absolute atomic E-state index is 0.0123. The average molecular weight is 366 g/mol. The molecule has 6 nitrogen and oxygen atoms in total. The maximum Gasteiger partial charge on any atom is 0.244 e. The highest BCUT2D eigenvalue weighted by Gasteiger charge is 2.32. The van der Waals surface area contributed by atoms with E-state index < -0.39 is 16.1 Å². The third-order valence-electron chi connectivity index (χ3n) is 3.47. The largest absolute Gasteiger partial charge is 0.339 e. The molecule has 1 aliphatic heterocycles. The molecule has 1 amide bonds. The van der Waals surface area contributed by atoms with E-state index in [1.165, 1.54) is 22.5 Å². The zero-order valence-corrected chi connectivity index (χ0v) is 14.3. The first-order valence-electron chi connectivity index (χ1n) is 6.73. The lowest BCUT2D eigenvalue weighted by Crippen LogP contribution is -2.53. The molecule has 22 heavy (non-hydrogen) atoms. The van der Waals surface area contributed by atoms with E-state index in [2.05, 4.69) is 0 Å². The molecular weight excluding hydrogens is 349 g/mol. The Labute approximate surface area is 139 Å². The summed E-state index contributed by atoms with van der Waals surface area (Å²) in [5.41, 5.74) is 5.56. The fourth-order valence-corrected chi connectivity index (χ4v) is 4.42. The quantitative estimate of drug-likeness (QED) is 0.871. The summed E-state index contributed by atoms with van der Waals surface area (Å²) in [4.78, 5) is 13.4. The van der Waals surface area contributed by atoms with Gasteiger partial charge in [0.15, 0.2) is 0 Å². The highest BCUT2D eigenvalue weighted by molar-refractivity contribution is 7.89. The number of rotatable bonds is 3. The molecule has 9 heteroatoms. The first-order chi connectivity index (χ1) is 10.2. The lowest BCUT2D eigenvalue weighted by atomic mass is 10.2. The molecule has 1 aromatic rings. The van der Waals surface area contributed by atoms with Crippen LogP contribution in [0.25, 0.3) is 0 Å². The summed E-state index contributed by atoms with van der Waals surface area (Å²) >= 11 is 11.9. The molecule has 1 aromatic carbocycles. The Kier molecular flexibility index (Phi) is 5.34. The van der Waals surface area contributed by atoms with Gasteiger partial charge in [0.2, 0.25) is 15.9 Å². The van der Waals surface area contributed by atoms with Gasteiger partial charge in [-0.2, -0.15) is 4.31 Å². The van der Waals surface area contributed by atoms with Crippen LogP contribution in [0.5, 0.6) is 0 Å². The average Bonchev–Trinajstić information content (AvgIpc) is 2.49. The minimum atomic E-state index is -3.74. The number of sulfonamides is 1. The number of benzene rings is 1. The summed E-state index contributed by atoms with van der Waals surface area (Å²) in [7, 11) is -3.74. The van der Waals surface area contributed by atoms with Gasteiger partial charge in [-0.3, -0.25) is 4.79 Å². The summed E-state index contributed by atoms with van der Waals surface area (Å²) in [5, 5.41) is 0.201. The van der Waals surface area contributed by atoms with Crippen LogP contribution in [0, 0.1) is 0 Å². The number of carbonyl (C=O) groups is 1. The van der Waals surface area contributed by atoms with Crippen LogP contribution >= 0.6 is 23.2 Å². The van der Waals surface area contributed by atoms with Crippen LogP contribution < -0.4 is 5.73 Å². The third-order valence-corrected chi connectivity index (χ3v) is 6.35. The molecule has 1 heterocycles. The fourth-order valence-electron chi connectivity index (χ4n) is 2.26. The third kappa shape index (κ3) is 3.38. The van der Waals surface area contributed by atoms with E-state index in [9.17, 15) is 13.2 Å². The molecule has 1 aliphatic rings. The number of nitrogens with zero attached hydrogens (tertiary/aromatic N) is 2. The van der Waals surface area contributed by atoms with Gasteiger partial charge in [0.25, 0.3) is 0 Å². The van der Waals surface area contributed by atoms with Crippen molar-refractivity contribution in [3.05, 3.63) is 28.2 Å². The van der Waals surface area contributed by atoms with E-state index in [1.54, 1.807) is 11.8 Å². The van der Waals surface area contributed by atoms with Crippen molar-refractivity contribution < 1.29 is 13.2 Å². The first kappa shape index (κ1) is 17.5. The van der Waals surface area contributed by atoms with Gasteiger partial charge in [-0.05, 0) is 19.1 Å². The van der Waals surface area contributed by atoms with Crippen molar-refractivity contribution in [1.29, 1.82) is 0 Å². The molecule has 0 aliphatic carbocycles. The topological polar surface area (TPSA) is 83.7 Å². The van der Waals surface area contributed by atoms with E-state index in [0.29, 0.717) is 13.1 Å². The van der Waals surface area contributed by atoms with Crippen LogP contribution in [-0.2, 0) is 14.8 Å². The van der Waals surface area contributed by atoms with Gasteiger partial charge in [-0.15, -0.1) is 0 Å². The van der Waals surface area contributed by atoms with Crippen LogP contribution in [0.4, 0.5) is 0 Å². The SMILES string of the molecule is C[C@@H](N)C(=O)N1CCN(S(=O)(=O)c2cccc(Cl)c2Cl)CC1. The van der Waals surface area contributed by atoms with Crippen LogP contribution in [-0.4, -0.2) is 55.8 Å². The van der Waals surface area contributed by atoms with Crippen molar-refractivity contribution in [2.75, 3.05) is 26.2 Å². The maximum absolute atomic E-state index is 12.6. The summed E-state index contributed by atoms with van der Waals surface area (Å²) in [6, 6.07) is 3.90. The molecule has 1 fully saturated rings. The molecule has 1 saturated heterocycles. The van der Waals surface area contributed by atoms with Gasteiger partial charge in [0.1, 0.15) is 4.90 Å². The summed E-state index contributed by atoms with van der Waals surface area (Å²) in [6.07, 6.45) is 0. The lowest BCUT2D eigenvalue weighted by molar-refractivity contribution is -0.133. The maximum atomic E-state index is 12.6. The normalized spacial score (nSPS) is 18.3. The highest BCUT2D eigenvalue weighted by Crippen LogP contribution is 2.31.